The Kier molecular flexibility index (Phi) is 9.00. The summed E-state index contributed by atoms with van der Waals surface area (Å²) in [6.07, 6.45) is 6.95. The summed E-state index contributed by atoms with van der Waals surface area (Å²) in [5.74, 6) is 4.47. The van der Waals surface area contributed by atoms with Gasteiger partial charge in [-0.2, -0.15) is 0 Å². The molecule has 0 rings (SSSR count). The summed E-state index contributed by atoms with van der Waals surface area (Å²) in [6, 6.07) is 0. The Morgan fingerprint density at radius 3 is 1.71 bits per heavy atom. The monoisotopic (exact) mass is 240 g/mol. The van der Waals surface area contributed by atoms with Crippen molar-refractivity contribution >= 4 is 0 Å². The maximum absolute atomic E-state index is 2.46. The highest BCUT2D eigenvalue weighted by Gasteiger charge is 2.20. The lowest BCUT2D eigenvalue weighted by Crippen LogP contribution is -2.18. The molecule has 0 spiro atoms. The van der Waals surface area contributed by atoms with Gasteiger partial charge in [0.15, 0.2) is 0 Å². The third-order valence-corrected chi connectivity index (χ3v) is 5.03. The highest BCUT2D eigenvalue weighted by atomic mass is 14.3. The van der Waals surface area contributed by atoms with Gasteiger partial charge in [0.2, 0.25) is 0 Å². The van der Waals surface area contributed by atoms with Crippen LogP contribution in [0.2, 0.25) is 0 Å². The van der Waals surface area contributed by atoms with Crippen molar-refractivity contribution in [3.05, 3.63) is 0 Å². The molecule has 0 heterocycles. The Morgan fingerprint density at radius 1 is 0.706 bits per heavy atom. The van der Waals surface area contributed by atoms with Crippen LogP contribution in [0.4, 0.5) is 0 Å². The SMILES string of the molecule is CCCC(CCC(C)C(C)C(C)CC)C(C)C. The van der Waals surface area contributed by atoms with Gasteiger partial charge >= 0.3 is 0 Å². The molecule has 0 bridgehead atoms. The average molecular weight is 240 g/mol. The van der Waals surface area contributed by atoms with Crippen molar-refractivity contribution in [1.82, 2.24) is 0 Å². The highest BCUT2D eigenvalue weighted by Crippen LogP contribution is 2.30. The van der Waals surface area contributed by atoms with Crippen LogP contribution in [0.3, 0.4) is 0 Å². The minimum Gasteiger partial charge on any atom is -0.0654 e. The highest BCUT2D eigenvalue weighted by molar-refractivity contribution is 4.70. The first-order valence-corrected chi connectivity index (χ1v) is 7.93. The Labute approximate surface area is 111 Å². The molecule has 0 N–H and O–H groups in total. The quantitative estimate of drug-likeness (QED) is 0.453. The van der Waals surface area contributed by atoms with Gasteiger partial charge in [0, 0.05) is 0 Å². The second-order valence-electron chi connectivity index (χ2n) is 6.59. The van der Waals surface area contributed by atoms with Crippen LogP contribution >= 0.6 is 0 Å². The summed E-state index contributed by atoms with van der Waals surface area (Å²) < 4.78 is 0. The van der Waals surface area contributed by atoms with Gasteiger partial charge in [0.05, 0.1) is 0 Å². The van der Waals surface area contributed by atoms with E-state index in [1.165, 1.54) is 32.1 Å². The van der Waals surface area contributed by atoms with Crippen LogP contribution in [0.25, 0.3) is 0 Å². The normalized spacial score (nSPS) is 19.1. The van der Waals surface area contributed by atoms with E-state index >= 15 is 0 Å². The molecular formula is C17H36. The van der Waals surface area contributed by atoms with Crippen LogP contribution in [0.5, 0.6) is 0 Å². The Hall–Kier alpha value is 0. The second kappa shape index (κ2) is 9.00. The first-order chi connectivity index (χ1) is 7.93. The lowest BCUT2D eigenvalue weighted by atomic mass is 9.78. The lowest BCUT2D eigenvalue weighted by molar-refractivity contribution is 0.227. The third kappa shape index (κ3) is 6.48. The standard InChI is InChI=1S/C17H36/c1-8-10-17(13(3)4)12-11-15(6)16(7)14(5)9-2/h13-17H,8-12H2,1-7H3. The van der Waals surface area contributed by atoms with Gasteiger partial charge in [-0.1, -0.05) is 74.1 Å². The molecule has 0 nitrogen and oxygen atoms in total. The van der Waals surface area contributed by atoms with Gasteiger partial charge in [-0.15, -0.1) is 0 Å². The summed E-state index contributed by atoms with van der Waals surface area (Å²) in [6.45, 7) is 16.7. The Bertz CT molecular complexity index is 171. The number of rotatable bonds is 9. The van der Waals surface area contributed by atoms with E-state index in [2.05, 4.69) is 48.5 Å². The second-order valence-corrected chi connectivity index (χ2v) is 6.59. The van der Waals surface area contributed by atoms with E-state index in [1.54, 1.807) is 0 Å². The lowest BCUT2D eigenvalue weighted by Gasteiger charge is -2.28. The molecule has 0 aliphatic heterocycles. The van der Waals surface area contributed by atoms with Gasteiger partial charge in [0.25, 0.3) is 0 Å². The predicted molar refractivity (Wildman–Crippen MR) is 80.3 cm³/mol. The van der Waals surface area contributed by atoms with Crippen molar-refractivity contribution in [2.75, 3.05) is 0 Å². The molecule has 0 aliphatic rings. The van der Waals surface area contributed by atoms with E-state index < -0.39 is 0 Å². The van der Waals surface area contributed by atoms with Crippen LogP contribution in [0, 0.1) is 29.6 Å². The Morgan fingerprint density at radius 2 is 1.29 bits per heavy atom. The maximum Gasteiger partial charge on any atom is -0.0391 e. The molecule has 0 fully saturated rings. The molecular weight excluding hydrogens is 204 g/mol. The molecule has 0 radical (unpaired) electrons. The van der Waals surface area contributed by atoms with E-state index in [-0.39, 0.29) is 0 Å². The average Bonchev–Trinajstić information content (AvgIpc) is 2.31. The predicted octanol–water partition coefficient (Wildman–Crippen LogP) is 6.16. The van der Waals surface area contributed by atoms with Gasteiger partial charge in [-0.3, -0.25) is 0 Å². The summed E-state index contributed by atoms with van der Waals surface area (Å²) in [5, 5.41) is 0. The first-order valence-electron chi connectivity index (χ1n) is 7.93. The molecule has 0 heteroatoms. The van der Waals surface area contributed by atoms with E-state index in [0.29, 0.717) is 0 Å². The van der Waals surface area contributed by atoms with Crippen LogP contribution in [-0.2, 0) is 0 Å². The van der Waals surface area contributed by atoms with Crippen LogP contribution in [0.1, 0.15) is 80.6 Å². The number of hydrogen-bond acceptors (Lipinski definition) is 0. The van der Waals surface area contributed by atoms with Crippen molar-refractivity contribution in [2.45, 2.75) is 80.6 Å². The van der Waals surface area contributed by atoms with Gasteiger partial charge < -0.3 is 0 Å². The van der Waals surface area contributed by atoms with Gasteiger partial charge in [0.1, 0.15) is 0 Å². The molecule has 0 aromatic heterocycles. The fourth-order valence-corrected chi connectivity index (χ4v) is 2.85. The summed E-state index contributed by atoms with van der Waals surface area (Å²) in [5.41, 5.74) is 0. The fourth-order valence-electron chi connectivity index (χ4n) is 2.85. The summed E-state index contributed by atoms with van der Waals surface area (Å²) >= 11 is 0. The van der Waals surface area contributed by atoms with Crippen molar-refractivity contribution in [1.29, 1.82) is 0 Å². The fraction of sp³-hybridized carbons (Fsp3) is 1.00. The van der Waals surface area contributed by atoms with E-state index in [1.807, 2.05) is 0 Å². The van der Waals surface area contributed by atoms with Gasteiger partial charge in [-0.05, 0) is 36.0 Å². The van der Waals surface area contributed by atoms with Crippen LogP contribution in [0.15, 0.2) is 0 Å². The molecule has 0 aromatic carbocycles. The topological polar surface area (TPSA) is 0 Å². The van der Waals surface area contributed by atoms with E-state index in [0.717, 1.165) is 29.6 Å². The molecule has 0 amide bonds. The van der Waals surface area contributed by atoms with Crippen LogP contribution in [-0.4, -0.2) is 0 Å². The molecule has 0 saturated heterocycles. The van der Waals surface area contributed by atoms with E-state index in [9.17, 15) is 0 Å². The smallest absolute Gasteiger partial charge is 0.0391 e. The third-order valence-electron chi connectivity index (χ3n) is 5.03. The molecule has 4 unspecified atom stereocenters. The largest absolute Gasteiger partial charge is 0.0654 e. The van der Waals surface area contributed by atoms with Gasteiger partial charge in [-0.25, -0.2) is 0 Å². The summed E-state index contributed by atoms with van der Waals surface area (Å²) in [7, 11) is 0. The number of hydrogen-bond donors (Lipinski definition) is 0. The molecule has 0 saturated carbocycles. The molecule has 4 atom stereocenters. The molecule has 0 aromatic rings. The van der Waals surface area contributed by atoms with Crippen LogP contribution < -0.4 is 0 Å². The zero-order chi connectivity index (χ0) is 13.4. The minimum atomic E-state index is 0.862. The van der Waals surface area contributed by atoms with Crippen molar-refractivity contribution in [3.63, 3.8) is 0 Å². The van der Waals surface area contributed by atoms with Crippen molar-refractivity contribution in [3.8, 4) is 0 Å². The zero-order valence-electron chi connectivity index (χ0n) is 13.4. The molecule has 0 aliphatic carbocycles. The molecule has 17 heavy (non-hydrogen) atoms. The molecule has 104 valence electrons. The van der Waals surface area contributed by atoms with Crippen molar-refractivity contribution < 1.29 is 0 Å². The maximum atomic E-state index is 2.46. The van der Waals surface area contributed by atoms with E-state index in [4.69, 9.17) is 0 Å². The minimum absolute atomic E-state index is 0.862. The Balaban J connectivity index is 4.06. The van der Waals surface area contributed by atoms with Crippen molar-refractivity contribution in [2.24, 2.45) is 29.6 Å². The first kappa shape index (κ1) is 17.0. The summed E-state index contributed by atoms with van der Waals surface area (Å²) in [4.78, 5) is 0. The zero-order valence-corrected chi connectivity index (χ0v) is 13.4.